The Hall–Kier alpha value is -7.45. The van der Waals surface area contributed by atoms with Gasteiger partial charge in [0, 0.05) is 51.2 Å². The van der Waals surface area contributed by atoms with Gasteiger partial charge in [-0.15, -0.1) is 0 Å². The van der Waals surface area contributed by atoms with E-state index in [2.05, 4.69) is 37.2 Å². The third-order valence-electron chi connectivity index (χ3n) is 19.2. The van der Waals surface area contributed by atoms with Gasteiger partial charge in [-0.1, -0.05) is 74.5 Å². The highest BCUT2D eigenvalue weighted by Crippen LogP contribution is 2.44. The lowest BCUT2D eigenvalue weighted by Crippen LogP contribution is -2.55. The lowest BCUT2D eigenvalue weighted by Gasteiger charge is -2.25. The number of carbonyl (C=O) groups is 7. The number of ether oxygens (including phenoxy) is 25. The van der Waals surface area contributed by atoms with Crippen molar-refractivity contribution in [3.63, 3.8) is 0 Å². The predicted octanol–water partition coefficient (Wildman–Crippen LogP) is 3.31. The standard InChI is InChI=1S/C92H154N8O33/c1-75(2)87(90(106)98-84(16-10-24-96-91(93)107)89(105)97-77-19-17-76(73-101)18-20-77)100-86(103)21-25-95-88(104)83(99-92(108)133-74-82-80-13-6-4-11-78(80)79-12-5-7-14-81(79)82)15-8-9-23-94-85(102)22-26-110-29-30-112-33-34-114-37-38-116-41-42-118-45-46-120-49-50-122-53-54-124-57-58-126-61-62-128-65-66-130-69-70-132-72-71-131-68-67-129-64-63-127-60-59-125-56-55-123-52-51-121-48-47-119-44-43-117-40-39-115-36-35-113-32-31-111-28-27-109-3/h4-7,11-14,17-20,75,82-84,87,101H,8-10,15-16,21-74H2,1-3H3,(H,94,102)(H,95,104)(H,97,105)(H,98,106)(H,99,108)(H,100,103)(H3,93,96,107)/t83-,84-,87-/m0/s1. The van der Waals surface area contributed by atoms with Crippen molar-refractivity contribution in [3.05, 3.63) is 89.5 Å². The van der Waals surface area contributed by atoms with E-state index >= 15 is 0 Å². The zero-order chi connectivity index (χ0) is 95.2. The summed E-state index contributed by atoms with van der Waals surface area (Å²) in [4.78, 5) is 92.1. The van der Waals surface area contributed by atoms with E-state index in [9.17, 15) is 38.7 Å². The summed E-state index contributed by atoms with van der Waals surface area (Å²) in [5.41, 5.74) is 10.4. The summed E-state index contributed by atoms with van der Waals surface area (Å²) in [5, 5.41) is 28.4. The molecule has 4 rings (SSSR count). The Morgan fingerprint density at radius 1 is 0.331 bits per heavy atom. The van der Waals surface area contributed by atoms with Crippen molar-refractivity contribution in [1.82, 2.24) is 31.9 Å². The maximum atomic E-state index is 13.8. The number of benzene rings is 3. The van der Waals surface area contributed by atoms with E-state index in [0.717, 1.165) is 22.3 Å². The molecule has 3 aromatic rings. The Morgan fingerprint density at radius 2 is 0.654 bits per heavy atom. The fourth-order valence-corrected chi connectivity index (χ4v) is 12.3. The topological polar surface area (TPSA) is 481 Å². The van der Waals surface area contributed by atoms with E-state index in [-0.39, 0.29) is 83.4 Å². The van der Waals surface area contributed by atoms with Crippen molar-refractivity contribution in [1.29, 1.82) is 0 Å². The number of carbonyl (C=O) groups excluding carboxylic acids is 7. The molecule has 10 N–H and O–H groups in total. The summed E-state index contributed by atoms with van der Waals surface area (Å²) >= 11 is 0. The molecule has 0 saturated carbocycles. The van der Waals surface area contributed by atoms with Crippen LogP contribution in [-0.4, -0.2) is 409 Å². The normalized spacial score (nSPS) is 12.5. The number of alkyl carbamates (subject to hydrolysis) is 1. The van der Waals surface area contributed by atoms with E-state index in [4.69, 9.17) is 124 Å². The number of nitrogens with two attached hydrogens (primary N) is 1. The molecule has 0 aromatic heterocycles. The number of rotatable bonds is 95. The Bertz CT molecular complexity index is 3310. The molecule has 8 amide bonds. The van der Waals surface area contributed by atoms with Gasteiger partial charge in [-0.2, -0.15) is 0 Å². The van der Waals surface area contributed by atoms with Gasteiger partial charge in [-0.05, 0) is 78.0 Å². The number of amides is 8. The van der Waals surface area contributed by atoms with Crippen LogP contribution < -0.4 is 43.0 Å². The lowest BCUT2D eigenvalue weighted by molar-refractivity contribution is -0.132. The van der Waals surface area contributed by atoms with Crippen molar-refractivity contribution in [2.75, 3.05) is 349 Å². The lowest BCUT2D eigenvalue weighted by atomic mass is 9.98. The molecule has 0 bridgehead atoms. The minimum absolute atomic E-state index is 0.0124. The summed E-state index contributed by atoms with van der Waals surface area (Å²) in [6, 6.07) is 18.3. The van der Waals surface area contributed by atoms with Gasteiger partial charge in [0.05, 0.1) is 317 Å². The van der Waals surface area contributed by atoms with Crippen molar-refractivity contribution in [3.8, 4) is 11.1 Å². The average molecular weight is 1900 g/mol. The second-order valence-corrected chi connectivity index (χ2v) is 29.9. The summed E-state index contributed by atoms with van der Waals surface area (Å²) in [5.74, 6) is -3.22. The smallest absolute Gasteiger partial charge is 0.407 e. The first-order valence-electron chi connectivity index (χ1n) is 46.4. The number of primary amides is 1. The molecule has 0 heterocycles. The number of fused-ring (bicyclic) bond motifs is 3. The van der Waals surface area contributed by atoms with E-state index < -0.39 is 59.8 Å². The summed E-state index contributed by atoms with van der Waals surface area (Å²) in [6.45, 7) is 24.8. The Balaban J connectivity index is 0.854. The quantitative estimate of drug-likeness (QED) is 0.0366. The maximum Gasteiger partial charge on any atom is 0.407 e. The highest BCUT2D eigenvalue weighted by Gasteiger charge is 2.32. The molecule has 1 aliphatic rings. The van der Waals surface area contributed by atoms with Crippen LogP contribution >= 0.6 is 0 Å². The monoisotopic (exact) mass is 1900 g/mol. The number of aliphatic hydroxyl groups is 1. The van der Waals surface area contributed by atoms with Crippen LogP contribution in [0.1, 0.15) is 81.4 Å². The van der Waals surface area contributed by atoms with Gasteiger partial charge in [-0.25, -0.2) is 9.59 Å². The second kappa shape index (κ2) is 85.0. The number of hydrogen-bond donors (Lipinski definition) is 9. The number of aliphatic hydroxyl groups excluding tert-OH is 1. The fraction of sp³-hybridized carbons (Fsp3) is 0.728. The van der Waals surface area contributed by atoms with E-state index in [1.54, 1.807) is 45.2 Å². The fourth-order valence-electron chi connectivity index (χ4n) is 12.3. The van der Waals surface area contributed by atoms with Crippen molar-refractivity contribution in [2.24, 2.45) is 11.7 Å². The van der Waals surface area contributed by atoms with E-state index in [0.29, 0.717) is 328 Å². The van der Waals surface area contributed by atoms with Crippen LogP contribution in [-0.2, 0) is 149 Å². The van der Waals surface area contributed by atoms with Crippen LogP contribution in [0.5, 0.6) is 0 Å². The Labute approximate surface area is 783 Å². The van der Waals surface area contributed by atoms with Gasteiger partial charge < -0.3 is 166 Å². The van der Waals surface area contributed by atoms with Gasteiger partial charge >= 0.3 is 12.1 Å². The maximum absolute atomic E-state index is 13.8. The largest absolute Gasteiger partial charge is 0.449 e. The van der Waals surface area contributed by atoms with Crippen LogP contribution in [0.15, 0.2) is 72.8 Å². The van der Waals surface area contributed by atoms with E-state index in [1.807, 2.05) is 48.5 Å². The number of urea groups is 1. The first-order chi connectivity index (χ1) is 65.3. The highest BCUT2D eigenvalue weighted by molar-refractivity contribution is 5.98. The van der Waals surface area contributed by atoms with Crippen molar-refractivity contribution in [2.45, 2.75) is 89.4 Å². The first kappa shape index (κ1) is 118. The molecule has 760 valence electrons. The molecule has 0 unspecified atom stereocenters. The third-order valence-corrected chi connectivity index (χ3v) is 19.2. The van der Waals surface area contributed by atoms with Crippen LogP contribution in [0, 0.1) is 5.92 Å². The predicted molar refractivity (Wildman–Crippen MR) is 488 cm³/mol. The molecule has 0 saturated heterocycles. The average Bonchev–Trinajstić information content (AvgIpc) is 1.61. The van der Waals surface area contributed by atoms with Crippen molar-refractivity contribution >= 4 is 47.3 Å². The zero-order valence-corrected chi connectivity index (χ0v) is 78.6. The molecule has 1 aliphatic carbocycles. The number of anilines is 1. The number of unbranched alkanes of at least 4 members (excludes halogenated alkanes) is 1. The van der Waals surface area contributed by atoms with Crippen LogP contribution in [0.25, 0.3) is 11.1 Å². The molecule has 0 aliphatic heterocycles. The molecule has 133 heavy (non-hydrogen) atoms. The zero-order valence-electron chi connectivity index (χ0n) is 78.6. The van der Waals surface area contributed by atoms with Crippen molar-refractivity contribution < 1.29 is 157 Å². The second-order valence-electron chi connectivity index (χ2n) is 29.9. The molecular weight excluding hydrogens is 1750 g/mol. The Morgan fingerprint density at radius 3 is 0.992 bits per heavy atom. The van der Waals surface area contributed by atoms with Crippen LogP contribution in [0.3, 0.4) is 0 Å². The molecule has 0 fully saturated rings. The summed E-state index contributed by atoms with van der Waals surface area (Å²) in [6.07, 6.45) is 0.496. The SMILES string of the molecule is COCCOCCOCCOCCOCCOCCOCCOCCOCCOCCOCCOCCOCCOCCOCCOCCOCCOCCOCCOCCOCCOCCOCCOCCC(=O)NCCCC[C@H](NC(=O)OCC1c2ccccc2-c2ccccc21)C(=O)NCCC(=O)N[C@H](C(=O)N[C@@H](CCCNC(N)=O)C(=O)Nc1ccc(CO)cc1)C(C)C. The first-order valence-corrected chi connectivity index (χ1v) is 46.4. The van der Waals surface area contributed by atoms with Crippen LogP contribution in [0.4, 0.5) is 15.3 Å². The minimum atomic E-state index is -1.09. The molecular formula is C92H154N8O33. The highest BCUT2D eigenvalue weighted by atomic mass is 16.6. The molecule has 3 atom stereocenters. The van der Waals surface area contributed by atoms with Gasteiger partial charge in [0.25, 0.3) is 0 Å². The summed E-state index contributed by atoms with van der Waals surface area (Å²) < 4.78 is 138. The van der Waals surface area contributed by atoms with Gasteiger partial charge in [0.2, 0.25) is 29.5 Å². The van der Waals surface area contributed by atoms with Gasteiger partial charge in [0.1, 0.15) is 24.7 Å². The minimum Gasteiger partial charge on any atom is -0.449 e. The van der Waals surface area contributed by atoms with Crippen LogP contribution in [0.2, 0.25) is 0 Å². The molecule has 0 radical (unpaired) electrons. The van der Waals surface area contributed by atoms with Gasteiger partial charge in [-0.3, -0.25) is 24.0 Å². The summed E-state index contributed by atoms with van der Waals surface area (Å²) in [7, 11) is 1.64. The van der Waals surface area contributed by atoms with Gasteiger partial charge in [0.15, 0.2) is 0 Å². The molecule has 41 nitrogen and oxygen atoms in total. The third kappa shape index (κ3) is 65.1. The molecule has 3 aromatic carbocycles. The van der Waals surface area contributed by atoms with E-state index in [1.165, 1.54) is 0 Å². The number of hydrogen-bond acceptors (Lipinski definition) is 33. The number of nitrogens with one attached hydrogen (secondary N) is 7. The molecule has 0 spiro atoms. The number of methoxy groups -OCH3 is 1. The molecule has 41 heteroatoms. The Kier molecular flexibility index (Phi) is 75.3.